The highest BCUT2D eigenvalue weighted by atomic mass is 35.5. The summed E-state index contributed by atoms with van der Waals surface area (Å²) in [5.74, 6) is 0.471. The van der Waals surface area contributed by atoms with Gasteiger partial charge in [-0.2, -0.15) is 0 Å². The molecule has 2 fully saturated rings. The third-order valence-corrected chi connectivity index (χ3v) is 4.23. The van der Waals surface area contributed by atoms with E-state index >= 15 is 0 Å². The fourth-order valence-electron chi connectivity index (χ4n) is 2.73. The average Bonchev–Trinajstić information content (AvgIpc) is 2.93. The van der Waals surface area contributed by atoms with Crippen molar-refractivity contribution in [3.8, 4) is 0 Å². The molecule has 21 heavy (non-hydrogen) atoms. The molecule has 114 valence electrons. The number of urea groups is 1. The van der Waals surface area contributed by atoms with Crippen LogP contribution in [0.4, 0.5) is 4.79 Å². The van der Waals surface area contributed by atoms with Gasteiger partial charge in [0.25, 0.3) is 0 Å². The van der Waals surface area contributed by atoms with Crippen LogP contribution < -0.4 is 10.8 Å². The van der Waals surface area contributed by atoms with E-state index < -0.39 is 0 Å². The molecule has 0 bridgehead atoms. The first kappa shape index (κ1) is 14.6. The smallest absolute Gasteiger partial charge is 0.338 e. The molecule has 1 saturated heterocycles. The van der Waals surface area contributed by atoms with E-state index in [2.05, 4.69) is 16.9 Å². The maximum atomic E-state index is 11.7. The third-order valence-electron chi connectivity index (χ3n) is 4.00. The van der Waals surface area contributed by atoms with Crippen molar-refractivity contribution in [3.63, 3.8) is 0 Å². The molecule has 0 aromatic heterocycles. The van der Waals surface area contributed by atoms with E-state index in [1.807, 2.05) is 18.2 Å². The summed E-state index contributed by atoms with van der Waals surface area (Å²) in [4.78, 5) is 16.9. The van der Waals surface area contributed by atoms with E-state index in [0.717, 1.165) is 24.3 Å². The Labute approximate surface area is 128 Å². The Balaban J connectivity index is 1.37. The summed E-state index contributed by atoms with van der Waals surface area (Å²) in [7, 11) is 0. The molecule has 0 spiro atoms. The number of carbonyl (C=O) groups excluding carboxylic acids is 1. The second-order valence-electron chi connectivity index (χ2n) is 5.60. The number of hydroxylamine groups is 1. The molecule has 2 amide bonds. The molecule has 1 atom stereocenters. The molecule has 1 aromatic rings. The first-order valence-electron chi connectivity index (χ1n) is 7.26. The standard InChI is InChI=1S/C15H19ClN2O3/c16-12-3-1-2-10(6-12)11-7-13(8-11)17-15(19)18-21-14-4-5-20-9-14/h1-3,6,11,13-14H,4-5,7-9H2,(H2,17,18,19). The van der Waals surface area contributed by atoms with Crippen LogP contribution in [0.25, 0.3) is 0 Å². The molecule has 5 nitrogen and oxygen atoms in total. The molecule has 0 radical (unpaired) electrons. The van der Waals surface area contributed by atoms with Gasteiger partial charge in [-0.25, -0.2) is 10.3 Å². The normalized spacial score (nSPS) is 28.0. The van der Waals surface area contributed by atoms with Gasteiger partial charge >= 0.3 is 6.03 Å². The zero-order valence-electron chi connectivity index (χ0n) is 11.7. The lowest BCUT2D eigenvalue weighted by Gasteiger charge is -2.36. The zero-order chi connectivity index (χ0) is 14.7. The molecular weight excluding hydrogens is 292 g/mol. The summed E-state index contributed by atoms with van der Waals surface area (Å²) >= 11 is 5.99. The van der Waals surface area contributed by atoms with Gasteiger partial charge in [0.1, 0.15) is 6.10 Å². The van der Waals surface area contributed by atoms with Gasteiger partial charge < -0.3 is 10.1 Å². The minimum absolute atomic E-state index is 0.0312. The number of carbonyl (C=O) groups is 1. The number of hydrogen-bond acceptors (Lipinski definition) is 3. The van der Waals surface area contributed by atoms with Crippen molar-refractivity contribution in [1.82, 2.24) is 10.8 Å². The molecule has 1 saturated carbocycles. The number of rotatable bonds is 4. The lowest BCUT2D eigenvalue weighted by atomic mass is 9.76. The van der Waals surface area contributed by atoms with Gasteiger partial charge in [-0.15, -0.1) is 0 Å². The summed E-state index contributed by atoms with van der Waals surface area (Å²) in [5.41, 5.74) is 3.67. The molecule has 1 heterocycles. The Morgan fingerprint density at radius 2 is 2.24 bits per heavy atom. The predicted octanol–water partition coefficient (Wildman–Crippen LogP) is 2.61. The summed E-state index contributed by atoms with van der Waals surface area (Å²) in [6, 6.07) is 7.82. The molecule has 1 aliphatic heterocycles. The monoisotopic (exact) mass is 310 g/mol. The van der Waals surface area contributed by atoms with E-state index in [1.54, 1.807) is 0 Å². The minimum Gasteiger partial charge on any atom is -0.379 e. The van der Waals surface area contributed by atoms with Gasteiger partial charge in [-0.1, -0.05) is 23.7 Å². The maximum absolute atomic E-state index is 11.7. The fraction of sp³-hybridized carbons (Fsp3) is 0.533. The number of halogens is 1. The second-order valence-corrected chi connectivity index (χ2v) is 6.04. The van der Waals surface area contributed by atoms with Gasteiger partial charge in [0, 0.05) is 24.1 Å². The van der Waals surface area contributed by atoms with Gasteiger partial charge in [0.05, 0.1) is 6.61 Å². The van der Waals surface area contributed by atoms with Gasteiger partial charge in [-0.05, 0) is 36.5 Å². The van der Waals surface area contributed by atoms with Crippen molar-refractivity contribution in [3.05, 3.63) is 34.9 Å². The van der Waals surface area contributed by atoms with E-state index in [1.165, 1.54) is 5.56 Å². The first-order chi connectivity index (χ1) is 10.2. The van der Waals surface area contributed by atoms with E-state index in [-0.39, 0.29) is 18.2 Å². The molecule has 6 heteroatoms. The van der Waals surface area contributed by atoms with Crippen LogP contribution in [0, 0.1) is 0 Å². The van der Waals surface area contributed by atoms with E-state index in [4.69, 9.17) is 21.2 Å². The highest BCUT2D eigenvalue weighted by molar-refractivity contribution is 6.30. The lowest BCUT2D eigenvalue weighted by Crippen LogP contribution is -2.48. The highest BCUT2D eigenvalue weighted by Crippen LogP contribution is 2.37. The van der Waals surface area contributed by atoms with Crippen LogP contribution in [0.15, 0.2) is 24.3 Å². The third kappa shape index (κ3) is 3.87. The van der Waals surface area contributed by atoms with Crippen LogP contribution in [0.1, 0.15) is 30.7 Å². The molecule has 1 aliphatic carbocycles. The summed E-state index contributed by atoms with van der Waals surface area (Å²) in [6.45, 7) is 1.23. The Hall–Kier alpha value is -1.30. The molecule has 2 aliphatic rings. The summed E-state index contributed by atoms with van der Waals surface area (Å²) in [5, 5.41) is 3.66. The predicted molar refractivity (Wildman–Crippen MR) is 79.2 cm³/mol. The molecule has 1 aromatic carbocycles. The largest absolute Gasteiger partial charge is 0.379 e. The van der Waals surface area contributed by atoms with Crippen molar-refractivity contribution < 1.29 is 14.4 Å². The van der Waals surface area contributed by atoms with Crippen LogP contribution in [0.5, 0.6) is 0 Å². The minimum atomic E-state index is -0.281. The number of nitrogens with one attached hydrogen (secondary N) is 2. The molecule has 2 N–H and O–H groups in total. The Bertz CT molecular complexity index is 499. The second kappa shape index (κ2) is 6.64. The van der Waals surface area contributed by atoms with Gasteiger partial charge in [0.2, 0.25) is 0 Å². The van der Waals surface area contributed by atoms with Crippen LogP contribution >= 0.6 is 11.6 Å². The van der Waals surface area contributed by atoms with Crippen LogP contribution in [-0.2, 0) is 9.57 Å². The number of amides is 2. The van der Waals surface area contributed by atoms with Crippen molar-refractivity contribution in [2.45, 2.75) is 37.3 Å². The van der Waals surface area contributed by atoms with Crippen molar-refractivity contribution in [2.75, 3.05) is 13.2 Å². The topological polar surface area (TPSA) is 59.6 Å². The number of hydrogen-bond donors (Lipinski definition) is 2. The zero-order valence-corrected chi connectivity index (χ0v) is 12.4. The summed E-state index contributed by atoms with van der Waals surface area (Å²) < 4.78 is 5.17. The Morgan fingerprint density at radius 1 is 1.38 bits per heavy atom. The van der Waals surface area contributed by atoms with Gasteiger partial charge in [0.15, 0.2) is 0 Å². The lowest BCUT2D eigenvalue weighted by molar-refractivity contribution is -0.00928. The van der Waals surface area contributed by atoms with Gasteiger partial charge in [-0.3, -0.25) is 4.84 Å². The quantitative estimate of drug-likeness (QED) is 0.840. The number of benzene rings is 1. The highest BCUT2D eigenvalue weighted by Gasteiger charge is 2.31. The molecule has 1 unspecified atom stereocenters. The fourth-order valence-corrected chi connectivity index (χ4v) is 2.92. The maximum Gasteiger partial charge on any atom is 0.338 e. The van der Waals surface area contributed by atoms with Crippen LogP contribution in [0.3, 0.4) is 0 Å². The Kier molecular flexibility index (Phi) is 4.63. The molecular formula is C15H19ClN2O3. The Morgan fingerprint density at radius 3 is 2.95 bits per heavy atom. The van der Waals surface area contributed by atoms with Crippen LogP contribution in [0.2, 0.25) is 5.02 Å². The van der Waals surface area contributed by atoms with E-state index in [0.29, 0.717) is 19.1 Å². The van der Waals surface area contributed by atoms with Crippen molar-refractivity contribution in [1.29, 1.82) is 0 Å². The summed E-state index contributed by atoms with van der Waals surface area (Å²) in [6.07, 6.45) is 2.65. The SMILES string of the molecule is O=C(NOC1CCOC1)NC1CC(c2cccc(Cl)c2)C1. The van der Waals surface area contributed by atoms with E-state index in [9.17, 15) is 4.79 Å². The number of ether oxygens (including phenoxy) is 1. The van der Waals surface area contributed by atoms with Crippen molar-refractivity contribution >= 4 is 17.6 Å². The van der Waals surface area contributed by atoms with Crippen molar-refractivity contribution in [2.24, 2.45) is 0 Å². The van der Waals surface area contributed by atoms with Crippen LogP contribution in [-0.4, -0.2) is 31.4 Å². The molecule has 3 rings (SSSR count). The first-order valence-corrected chi connectivity index (χ1v) is 7.64. The average molecular weight is 311 g/mol.